The highest BCUT2D eigenvalue weighted by Gasteiger charge is 2.93. The van der Waals surface area contributed by atoms with E-state index in [9.17, 15) is 4.79 Å². The highest BCUT2D eigenvalue weighted by Crippen LogP contribution is 2.93. The molecule has 3 atom stereocenters. The Labute approximate surface area is 126 Å². The quantitative estimate of drug-likeness (QED) is 0.613. The van der Waals surface area contributed by atoms with Gasteiger partial charge in [0.2, 0.25) is 0 Å². The van der Waals surface area contributed by atoms with Crippen LogP contribution in [0.3, 0.4) is 0 Å². The molecule has 0 aromatic heterocycles. The number of carbonyl (C=O) groups is 1. The summed E-state index contributed by atoms with van der Waals surface area (Å²) in [6, 6.07) is 0. The summed E-state index contributed by atoms with van der Waals surface area (Å²) in [5.74, 6) is 0.317. The lowest BCUT2D eigenvalue weighted by atomic mass is 9.64. The topological polar surface area (TPSA) is 17.1 Å². The zero-order chi connectivity index (χ0) is 14.3. The normalized spacial score (nSPS) is 50.0. The number of ketones is 1. The van der Waals surface area contributed by atoms with Crippen LogP contribution in [0.5, 0.6) is 0 Å². The Kier molecular flexibility index (Phi) is 2.63. The monoisotopic (exact) mass is 302 g/mol. The first kappa shape index (κ1) is 14.2. The Morgan fingerprint density at radius 2 is 1.63 bits per heavy atom. The second kappa shape index (κ2) is 3.53. The van der Waals surface area contributed by atoms with Gasteiger partial charge in [-0.2, -0.15) is 0 Å². The van der Waals surface area contributed by atoms with Crippen molar-refractivity contribution in [1.82, 2.24) is 0 Å². The first-order valence-electron chi connectivity index (χ1n) is 7.45. The lowest BCUT2D eigenvalue weighted by Crippen LogP contribution is -2.41. The molecule has 0 saturated heterocycles. The molecule has 19 heavy (non-hydrogen) atoms. The summed E-state index contributed by atoms with van der Waals surface area (Å²) < 4.78 is -0.717. The van der Waals surface area contributed by atoms with E-state index >= 15 is 0 Å². The molecule has 3 unspecified atom stereocenters. The van der Waals surface area contributed by atoms with Crippen LogP contribution in [0, 0.1) is 21.7 Å². The second-order valence-corrected chi connectivity index (χ2v) is 9.47. The SMILES string of the molecule is CC(=O)C12CCCC(C)(C)CC13C(Cl)(Cl)C3(C)CC2. The Bertz CT molecular complexity index is 456. The maximum atomic E-state index is 12.5. The van der Waals surface area contributed by atoms with Gasteiger partial charge < -0.3 is 0 Å². The van der Waals surface area contributed by atoms with Gasteiger partial charge in [-0.15, -0.1) is 23.2 Å². The van der Waals surface area contributed by atoms with Crippen molar-refractivity contribution in [3.63, 3.8) is 0 Å². The third-order valence-corrected chi connectivity index (χ3v) is 8.33. The predicted molar refractivity (Wildman–Crippen MR) is 79.6 cm³/mol. The number of alkyl halides is 2. The fraction of sp³-hybridized carbons (Fsp3) is 0.938. The largest absolute Gasteiger partial charge is 0.299 e. The lowest BCUT2D eigenvalue weighted by molar-refractivity contribution is -0.131. The van der Waals surface area contributed by atoms with Crippen LogP contribution in [0.4, 0.5) is 0 Å². The first-order chi connectivity index (χ1) is 8.56. The van der Waals surface area contributed by atoms with Crippen LogP contribution in [-0.4, -0.2) is 10.1 Å². The second-order valence-electron chi connectivity index (χ2n) is 8.14. The number of carbonyl (C=O) groups excluding carboxylic acids is 1. The van der Waals surface area contributed by atoms with Crippen LogP contribution in [0.2, 0.25) is 0 Å². The van der Waals surface area contributed by atoms with Crippen LogP contribution >= 0.6 is 23.2 Å². The highest BCUT2D eigenvalue weighted by molar-refractivity contribution is 6.53. The fourth-order valence-electron chi connectivity index (χ4n) is 5.78. The minimum atomic E-state index is -0.717. The van der Waals surface area contributed by atoms with Crippen molar-refractivity contribution >= 4 is 29.0 Å². The summed E-state index contributed by atoms with van der Waals surface area (Å²) in [7, 11) is 0. The molecular formula is C16H24Cl2O. The lowest BCUT2D eigenvalue weighted by Gasteiger charge is -2.39. The van der Waals surface area contributed by atoms with E-state index in [1.807, 2.05) is 0 Å². The van der Waals surface area contributed by atoms with Crippen LogP contribution in [0.15, 0.2) is 0 Å². The summed E-state index contributed by atoms with van der Waals surface area (Å²) in [6.45, 7) is 8.57. The molecule has 108 valence electrons. The van der Waals surface area contributed by atoms with Crippen molar-refractivity contribution in [3.8, 4) is 0 Å². The van der Waals surface area contributed by atoms with E-state index in [-0.39, 0.29) is 21.7 Å². The predicted octanol–water partition coefficient (Wildman–Crippen LogP) is 5.14. The Balaban J connectivity index is 2.18. The van der Waals surface area contributed by atoms with Crippen LogP contribution in [-0.2, 0) is 4.79 Å². The maximum Gasteiger partial charge on any atom is 0.136 e. The van der Waals surface area contributed by atoms with E-state index in [2.05, 4.69) is 20.8 Å². The average molecular weight is 303 g/mol. The summed E-state index contributed by atoms with van der Waals surface area (Å²) in [5.41, 5.74) is -0.300. The van der Waals surface area contributed by atoms with Gasteiger partial charge in [-0.05, 0) is 44.4 Å². The number of rotatable bonds is 1. The standard InChI is InChI=1S/C16H24Cl2O/c1-11(19)14-7-5-6-12(2,3)10-15(14)13(4,8-9-14)16(15,17)18/h5-10H2,1-4H3. The number of Topliss-reactive ketones (excluding diaryl/α,β-unsaturated/α-hetero) is 1. The maximum absolute atomic E-state index is 12.5. The molecule has 3 fully saturated rings. The molecule has 0 bridgehead atoms. The van der Waals surface area contributed by atoms with Gasteiger partial charge in [0.25, 0.3) is 0 Å². The van der Waals surface area contributed by atoms with E-state index in [1.54, 1.807) is 6.92 Å². The van der Waals surface area contributed by atoms with Crippen molar-refractivity contribution in [1.29, 1.82) is 0 Å². The fourth-order valence-corrected chi connectivity index (χ4v) is 7.11. The van der Waals surface area contributed by atoms with E-state index in [0.29, 0.717) is 5.78 Å². The molecule has 0 heterocycles. The van der Waals surface area contributed by atoms with Gasteiger partial charge >= 0.3 is 0 Å². The molecule has 0 radical (unpaired) electrons. The first-order valence-corrected chi connectivity index (χ1v) is 8.21. The molecule has 3 heteroatoms. The summed E-state index contributed by atoms with van der Waals surface area (Å²) in [4.78, 5) is 12.5. The van der Waals surface area contributed by atoms with Gasteiger partial charge in [0.15, 0.2) is 0 Å². The van der Waals surface area contributed by atoms with E-state index < -0.39 is 4.33 Å². The molecule has 3 rings (SSSR count). The van der Waals surface area contributed by atoms with E-state index in [0.717, 1.165) is 32.1 Å². The van der Waals surface area contributed by atoms with Crippen molar-refractivity contribution < 1.29 is 4.79 Å². The molecule has 0 amide bonds. The summed E-state index contributed by atoms with van der Waals surface area (Å²) in [5, 5.41) is 0. The Morgan fingerprint density at radius 1 is 1.00 bits per heavy atom. The summed E-state index contributed by atoms with van der Waals surface area (Å²) >= 11 is 13.5. The summed E-state index contributed by atoms with van der Waals surface area (Å²) in [6.07, 6.45) is 6.23. The number of hydrogen-bond acceptors (Lipinski definition) is 1. The zero-order valence-corrected chi connectivity index (χ0v) is 13.9. The molecule has 3 aliphatic carbocycles. The number of halogens is 2. The van der Waals surface area contributed by atoms with Gasteiger partial charge in [0.05, 0.1) is 0 Å². The van der Waals surface area contributed by atoms with Crippen LogP contribution in [0.1, 0.15) is 66.2 Å². The number of hydrogen-bond donors (Lipinski definition) is 0. The molecule has 0 aromatic carbocycles. The minimum Gasteiger partial charge on any atom is -0.299 e. The van der Waals surface area contributed by atoms with Crippen molar-refractivity contribution in [2.24, 2.45) is 21.7 Å². The molecule has 0 aromatic rings. The molecule has 3 aliphatic rings. The smallest absolute Gasteiger partial charge is 0.136 e. The molecule has 1 nitrogen and oxygen atoms in total. The Morgan fingerprint density at radius 3 is 2.16 bits per heavy atom. The van der Waals surface area contributed by atoms with Crippen molar-refractivity contribution in [2.45, 2.75) is 70.6 Å². The van der Waals surface area contributed by atoms with Gasteiger partial charge in [-0.3, -0.25) is 4.79 Å². The van der Waals surface area contributed by atoms with Crippen molar-refractivity contribution in [2.75, 3.05) is 0 Å². The van der Waals surface area contributed by atoms with Crippen LogP contribution < -0.4 is 0 Å². The Hall–Kier alpha value is 0.250. The van der Waals surface area contributed by atoms with Crippen molar-refractivity contribution in [3.05, 3.63) is 0 Å². The van der Waals surface area contributed by atoms with Gasteiger partial charge in [0, 0.05) is 16.2 Å². The van der Waals surface area contributed by atoms with E-state index in [4.69, 9.17) is 23.2 Å². The van der Waals surface area contributed by atoms with Gasteiger partial charge in [-0.25, -0.2) is 0 Å². The third kappa shape index (κ3) is 1.28. The highest BCUT2D eigenvalue weighted by atomic mass is 35.5. The molecular weight excluding hydrogens is 279 g/mol. The zero-order valence-electron chi connectivity index (χ0n) is 12.4. The molecule has 0 N–H and O–H groups in total. The molecule has 3 saturated carbocycles. The average Bonchev–Trinajstić information content (AvgIpc) is 2.53. The van der Waals surface area contributed by atoms with Crippen LogP contribution in [0.25, 0.3) is 0 Å². The molecule has 0 aliphatic heterocycles. The minimum absolute atomic E-state index is 0.0730. The van der Waals surface area contributed by atoms with Gasteiger partial charge in [0.1, 0.15) is 10.1 Å². The van der Waals surface area contributed by atoms with Gasteiger partial charge in [-0.1, -0.05) is 27.2 Å². The molecule has 1 spiro atoms. The third-order valence-electron chi connectivity index (χ3n) is 6.85. The van der Waals surface area contributed by atoms with E-state index in [1.165, 1.54) is 6.42 Å².